The van der Waals surface area contributed by atoms with Crippen LogP contribution in [0.3, 0.4) is 0 Å². The van der Waals surface area contributed by atoms with Crippen LogP contribution in [0.25, 0.3) is 0 Å². The number of quaternary nitrogens is 1. The van der Waals surface area contributed by atoms with Crippen LogP contribution in [0.4, 0.5) is 4.79 Å². The molecule has 0 bridgehead atoms. The van der Waals surface area contributed by atoms with Gasteiger partial charge < -0.3 is 15.0 Å². The van der Waals surface area contributed by atoms with E-state index in [0.29, 0.717) is 19.7 Å². The summed E-state index contributed by atoms with van der Waals surface area (Å²) in [5, 5.41) is 4.90. The highest BCUT2D eigenvalue weighted by atomic mass is 16.5. The van der Waals surface area contributed by atoms with Gasteiger partial charge in [0.15, 0.2) is 6.54 Å². The normalized spacial score (nSPS) is 21.4. The number of esters is 1. The van der Waals surface area contributed by atoms with Crippen molar-refractivity contribution in [3.8, 4) is 0 Å². The second kappa shape index (κ2) is 9.33. The third-order valence-corrected chi connectivity index (χ3v) is 3.44. The fourth-order valence-electron chi connectivity index (χ4n) is 2.45. The lowest BCUT2D eigenvalue weighted by molar-refractivity contribution is -0.899. The minimum atomic E-state index is -0.458. The zero-order valence-corrected chi connectivity index (χ0v) is 12.9. The highest BCUT2D eigenvalue weighted by Crippen LogP contribution is 2.09. The third kappa shape index (κ3) is 6.57. The average Bonchev–Trinajstić information content (AvgIpc) is 2.45. The molecule has 0 radical (unpaired) electrons. The van der Waals surface area contributed by atoms with Gasteiger partial charge >= 0.3 is 12.0 Å². The van der Waals surface area contributed by atoms with Gasteiger partial charge in [-0.1, -0.05) is 6.92 Å². The SMILES string of the molecule is CCCNC(=O)NC(=O)C[NH+]1CCC[C@H](C(=O)OCC)C1. The van der Waals surface area contributed by atoms with Crippen molar-refractivity contribution in [1.82, 2.24) is 10.6 Å². The monoisotopic (exact) mass is 300 g/mol. The summed E-state index contributed by atoms with van der Waals surface area (Å²) >= 11 is 0. The molecule has 2 atom stereocenters. The Morgan fingerprint density at radius 3 is 2.71 bits per heavy atom. The van der Waals surface area contributed by atoms with Gasteiger partial charge in [-0.15, -0.1) is 0 Å². The minimum absolute atomic E-state index is 0.143. The molecule has 0 aromatic rings. The maximum Gasteiger partial charge on any atom is 0.321 e. The number of carbonyl (C=O) groups excluding carboxylic acids is 3. The maximum absolute atomic E-state index is 11.8. The van der Waals surface area contributed by atoms with E-state index in [4.69, 9.17) is 4.74 Å². The average molecular weight is 300 g/mol. The van der Waals surface area contributed by atoms with Crippen LogP contribution in [0, 0.1) is 5.92 Å². The molecule has 0 aliphatic carbocycles. The van der Waals surface area contributed by atoms with E-state index in [9.17, 15) is 14.4 Å². The third-order valence-electron chi connectivity index (χ3n) is 3.44. The molecule has 1 aliphatic heterocycles. The molecule has 1 saturated heterocycles. The molecule has 1 fully saturated rings. The smallest absolute Gasteiger partial charge is 0.321 e. The molecule has 0 aromatic heterocycles. The Morgan fingerprint density at radius 2 is 2.05 bits per heavy atom. The highest BCUT2D eigenvalue weighted by Gasteiger charge is 2.30. The van der Waals surface area contributed by atoms with E-state index in [1.807, 2.05) is 6.92 Å². The largest absolute Gasteiger partial charge is 0.466 e. The predicted molar refractivity (Wildman–Crippen MR) is 76.8 cm³/mol. The molecule has 0 saturated carbocycles. The Morgan fingerprint density at radius 1 is 1.29 bits per heavy atom. The first-order chi connectivity index (χ1) is 10.1. The Labute approximate surface area is 125 Å². The lowest BCUT2D eigenvalue weighted by Gasteiger charge is -2.28. The molecule has 0 aromatic carbocycles. The molecular weight excluding hydrogens is 274 g/mol. The van der Waals surface area contributed by atoms with E-state index in [0.717, 1.165) is 30.7 Å². The van der Waals surface area contributed by atoms with Crippen molar-refractivity contribution in [3.63, 3.8) is 0 Å². The number of likely N-dealkylation sites (tertiary alicyclic amines) is 1. The molecule has 3 amide bonds. The summed E-state index contributed by atoms with van der Waals surface area (Å²) in [5.74, 6) is -0.644. The number of piperidine rings is 1. The molecule has 120 valence electrons. The van der Waals surface area contributed by atoms with Crippen molar-refractivity contribution in [2.75, 3.05) is 32.8 Å². The van der Waals surface area contributed by atoms with E-state index in [1.54, 1.807) is 6.92 Å². The highest BCUT2D eigenvalue weighted by molar-refractivity contribution is 5.94. The number of rotatable bonds is 6. The molecule has 1 heterocycles. The molecular formula is C14H26N3O4+. The molecule has 3 N–H and O–H groups in total. The Bertz CT molecular complexity index is 373. The lowest BCUT2D eigenvalue weighted by Crippen LogP contribution is -3.14. The van der Waals surface area contributed by atoms with Gasteiger partial charge in [-0.25, -0.2) is 4.79 Å². The second-order valence-corrected chi connectivity index (χ2v) is 5.28. The van der Waals surface area contributed by atoms with Crippen molar-refractivity contribution < 1.29 is 24.0 Å². The van der Waals surface area contributed by atoms with Crippen LogP contribution >= 0.6 is 0 Å². The molecule has 7 heteroatoms. The Hall–Kier alpha value is -1.63. The Kier molecular flexibility index (Phi) is 7.74. The minimum Gasteiger partial charge on any atom is -0.466 e. The summed E-state index contributed by atoms with van der Waals surface area (Å²) in [6.07, 6.45) is 2.51. The number of hydrogen-bond donors (Lipinski definition) is 3. The number of amides is 3. The topological polar surface area (TPSA) is 88.9 Å². The van der Waals surface area contributed by atoms with Gasteiger partial charge in [-0.05, 0) is 26.2 Å². The van der Waals surface area contributed by atoms with Crippen molar-refractivity contribution in [2.24, 2.45) is 5.92 Å². The first kappa shape index (κ1) is 17.4. The Balaban J connectivity index is 2.35. The summed E-state index contributed by atoms with van der Waals surface area (Å²) < 4.78 is 5.03. The van der Waals surface area contributed by atoms with Crippen LogP contribution < -0.4 is 15.5 Å². The van der Waals surface area contributed by atoms with Crippen molar-refractivity contribution in [3.05, 3.63) is 0 Å². The summed E-state index contributed by atoms with van der Waals surface area (Å²) in [6, 6.07) is -0.458. The van der Waals surface area contributed by atoms with Crippen LogP contribution in [0.15, 0.2) is 0 Å². The number of ether oxygens (including phenoxy) is 1. The van der Waals surface area contributed by atoms with E-state index in [1.165, 1.54) is 0 Å². The van der Waals surface area contributed by atoms with Crippen LogP contribution in [0.5, 0.6) is 0 Å². The molecule has 21 heavy (non-hydrogen) atoms. The number of imide groups is 1. The van der Waals surface area contributed by atoms with E-state index in [2.05, 4.69) is 10.6 Å². The van der Waals surface area contributed by atoms with E-state index < -0.39 is 6.03 Å². The first-order valence-electron chi connectivity index (χ1n) is 7.64. The molecule has 1 aliphatic rings. The van der Waals surface area contributed by atoms with Gasteiger partial charge in [0.05, 0.1) is 19.7 Å². The second-order valence-electron chi connectivity index (χ2n) is 5.28. The van der Waals surface area contributed by atoms with Crippen LogP contribution in [-0.2, 0) is 14.3 Å². The number of hydrogen-bond acceptors (Lipinski definition) is 4. The van der Waals surface area contributed by atoms with Crippen LogP contribution in [-0.4, -0.2) is 50.7 Å². The molecule has 1 unspecified atom stereocenters. The fourth-order valence-corrected chi connectivity index (χ4v) is 2.45. The molecule has 7 nitrogen and oxygen atoms in total. The molecule has 1 rings (SSSR count). The standard InChI is InChI=1S/C14H25N3O4/c1-3-7-15-14(20)16-12(18)10-17-8-5-6-11(9-17)13(19)21-4-2/h11H,3-10H2,1-2H3,(H2,15,16,18,20)/p+1/t11-/m0/s1. The number of nitrogens with one attached hydrogen (secondary N) is 3. The summed E-state index contributed by atoms with van der Waals surface area (Å²) in [6.45, 7) is 6.27. The van der Waals surface area contributed by atoms with Crippen molar-refractivity contribution in [2.45, 2.75) is 33.1 Å². The van der Waals surface area contributed by atoms with Crippen LogP contribution in [0.2, 0.25) is 0 Å². The van der Waals surface area contributed by atoms with Gasteiger partial charge in [0, 0.05) is 6.54 Å². The predicted octanol–water partition coefficient (Wildman–Crippen LogP) is -0.920. The number of carbonyl (C=O) groups is 3. The quantitative estimate of drug-likeness (QED) is 0.554. The fraction of sp³-hybridized carbons (Fsp3) is 0.786. The van der Waals surface area contributed by atoms with Crippen molar-refractivity contribution >= 4 is 17.9 Å². The van der Waals surface area contributed by atoms with E-state index in [-0.39, 0.29) is 24.3 Å². The van der Waals surface area contributed by atoms with Gasteiger partial charge in [0.1, 0.15) is 5.92 Å². The van der Waals surface area contributed by atoms with Gasteiger partial charge in [-0.2, -0.15) is 0 Å². The summed E-state index contributed by atoms with van der Waals surface area (Å²) in [5.41, 5.74) is 0. The van der Waals surface area contributed by atoms with Gasteiger partial charge in [0.25, 0.3) is 5.91 Å². The van der Waals surface area contributed by atoms with E-state index >= 15 is 0 Å². The van der Waals surface area contributed by atoms with Crippen molar-refractivity contribution in [1.29, 1.82) is 0 Å². The maximum atomic E-state index is 11.8. The van der Waals surface area contributed by atoms with Gasteiger partial charge in [-0.3, -0.25) is 14.9 Å². The number of urea groups is 1. The van der Waals surface area contributed by atoms with Crippen LogP contribution in [0.1, 0.15) is 33.1 Å². The lowest BCUT2D eigenvalue weighted by atomic mass is 9.98. The summed E-state index contributed by atoms with van der Waals surface area (Å²) in [7, 11) is 0. The zero-order chi connectivity index (χ0) is 15.7. The summed E-state index contributed by atoms with van der Waals surface area (Å²) in [4.78, 5) is 35.9. The van der Waals surface area contributed by atoms with Gasteiger partial charge in [0.2, 0.25) is 0 Å². The zero-order valence-electron chi connectivity index (χ0n) is 12.9. The molecule has 0 spiro atoms. The first-order valence-corrected chi connectivity index (χ1v) is 7.64.